The summed E-state index contributed by atoms with van der Waals surface area (Å²) in [5, 5.41) is 10.1. The minimum Gasteiger partial charge on any atom is -0.487 e. The van der Waals surface area contributed by atoms with Crippen molar-refractivity contribution >= 4 is 11.6 Å². The van der Waals surface area contributed by atoms with Crippen molar-refractivity contribution in [1.82, 2.24) is 0 Å². The molecule has 0 aromatic heterocycles. The molecule has 2 aliphatic rings. The molecule has 1 fully saturated rings. The molecular weight excluding hydrogens is 248 g/mol. The maximum absolute atomic E-state index is 9.25. The minimum atomic E-state index is -0.0826. The molecule has 0 spiro atoms. The lowest BCUT2D eigenvalue weighted by molar-refractivity contribution is 0.133. The Bertz CT molecular complexity index is 438. The molecule has 18 heavy (non-hydrogen) atoms. The van der Waals surface area contributed by atoms with Crippen LogP contribution in [0.25, 0.3) is 0 Å². The molecule has 1 N–H and O–H groups in total. The van der Waals surface area contributed by atoms with Crippen molar-refractivity contribution in [1.29, 1.82) is 0 Å². The van der Waals surface area contributed by atoms with Crippen LogP contribution in [0.3, 0.4) is 0 Å². The Hall–Kier alpha value is -0.730. The molecule has 2 nitrogen and oxygen atoms in total. The van der Waals surface area contributed by atoms with Crippen molar-refractivity contribution in [3.05, 3.63) is 28.3 Å². The summed E-state index contributed by atoms with van der Waals surface area (Å²) in [6.45, 7) is 0.0798. The Morgan fingerprint density at radius 2 is 2.00 bits per heavy atom. The van der Waals surface area contributed by atoms with Crippen LogP contribution >= 0.6 is 11.6 Å². The monoisotopic (exact) mass is 266 g/mol. The molecule has 0 radical (unpaired) electrons. The Balaban J connectivity index is 1.94. The average Bonchev–Trinajstić information content (AvgIpc) is 2.81. The molecule has 0 amide bonds. The SMILES string of the molecule is OCC1Cc2cc(Cl)cc(C3CCCCC3)c2O1. The van der Waals surface area contributed by atoms with Gasteiger partial charge < -0.3 is 9.84 Å². The Morgan fingerprint density at radius 1 is 1.22 bits per heavy atom. The van der Waals surface area contributed by atoms with E-state index in [0.717, 1.165) is 17.2 Å². The predicted molar refractivity (Wildman–Crippen MR) is 72.5 cm³/mol. The smallest absolute Gasteiger partial charge is 0.126 e. The summed E-state index contributed by atoms with van der Waals surface area (Å²) in [4.78, 5) is 0. The highest BCUT2D eigenvalue weighted by Crippen LogP contribution is 2.43. The van der Waals surface area contributed by atoms with Crippen molar-refractivity contribution in [2.75, 3.05) is 6.61 Å². The zero-order chi connectivity index (χ0) is 12.5. The first-order valence-electron chi connectivity index (χ1n) is 6.87. The molecule has 1 unspecified atom stereocenters. The van der Waals surface area contributed by atoms with Gasteiger partial charge in [0.05, 0.1) is 6.61 Å². The second-order valence-electron chi connectivity index (χ2n) is 5.44. The lowest BCUT2D eigenvalue weighted by Crippen LogP contribution is -2.17. The second kappa shape index (κ2) is 5.10. The number of benzene rings is 1. The molecule has 0 bridgehead atoms. The summed E-state index contributed by atoms with van der Waals surface area (Å²) in [5.41, 5.74) is 2.44. The predicted octanol–water partition coefficient (Wildman–Crippen LogP) is 3.68. The molecule has 1 aliphatic heterocycles. The highest BCUT2D eigenvalue weighted by Gasteiger charge is 2.29. The fourth-order valence-corrected chi connectivity index (χ4v) is 3.49. The summed E-state index contributed by atoms with van der Waals surface area (Å²) in [5.74, 6) is 1.59. The van der Waals surface area contributed by atoms with E-state index in [1.54, 1.807) is 0 Å². The molecule has 1 saturated carbocycles. The summed E-state index contributed by atoms with van der Waals surface area (Å²) in [6, 6.07) is 4.05. The van der Waals surface area contributed by atoms with Crippen LogP contribution in [0, 0.1) is 0 Å². The molecule has 1 aromatic rings. The Morgan fingerprint density at radius 3 is 2.72 bits per heavy atom. The van der Waals surface area contributed by atoms with Gasteiger partial charge in [-0.05, 0) is 42.0 Å². The van der Waals surface area contributed by atoms with E-state index in [2.05, 4.69) is 6.07 Å². The van der Waals surface area contributed by atoms with Gasteiger partial charge in [0.25, 0.3) is 0 Å². The van der Waals surface area contributed by atoms with E-state index in [0.29, 0.717) is 5.92 Å². The normalized spacial score (nSPS) is 23.8. The van der Waals surface area contributed by atoms with Gasteiger partial charge in [0.1, 0.15) is 11.9 Å². The van der Waals surface area contributed by atoms with Crippen molar-refractivity contribution in [2.45, 2.75) is 50.5 Å². The van der Waals surface area contributed by atoms with Crippen LogP contribution in [0.2, 0.25) is 5.02 Å². The van der Waals surface area contributed by atoms with Crippen LogP contribution in [-0.2, 0) is 6.42 Å². The Kier molecular flexibility index (Phi) is 3.49. The molecule has 1 atom stereocenters. The number of halogens is 1. The first kappa shape index (κ1) is 12.3. The average molecular weight is 267 g/mol. The number of ether oxygens (including phenoxy) is 1. The van der Waals surface area contributed by atoms with Gasteiger partial charge in [0, 0.05) is 11.4 Å². The van der Waals surface area contributed by atoms with Gasteiger partial charge >= 0.3 is 0 Å². The van der Waals surface area contributed by atoms with Gasteiger partial charge in [-0.1, -0.05) is 30.9 Å². The third-order valence-corrected chi connectivity index (χ3v) is 4.36. The third kappa shape index (κ3) is 2.24. The lowest BCUT2D eigenvalue weighted by atomic mass is 9.83. The molecule has 3 rings (SSSR count). The zero-order valence-corrected chi connectivity index (χ0v) is 11.2. The number of aliphatic hydroxyl groups excluding tert-OH is 1. The lowest BCUT2D eigenvalue weighted by Gasteiger charge is -2.24. The van der Waals surface area contributed by atoms with Gasteiger partial charge in [-0.15, -0.1) is 0 Å². The van der Waals surface area contributed by atoms with Gasteiger partial charge in [-0.3, -0.25) is 0 Å². The molecule has 1 aromatic carbocycles. The summed E-state index contributed by atoms with van der Waals surface area (Å²) < 4.78 is 5.89. The topological polar surface area (TPSA) is 29.5 Å². The number of hydrogen-bond acceptors (Lipinski definition) is 2. The molecule has 3 heteroatoms. The van der Waals surface area contributed by atoms with Crippen LogP contribution in [0.5, 0.6) is 5.75 Å². The van der Waals surface area contributed by atoms with Gasteiger partial charge in [0.2, 0.25) is 0 Å². The van der Waals surface area contributed by atoms with Crippen molar-refractivity contribution in [3.8, 4) is 5.75 Å². The van der Waals surface area contributed by atoms with Crippen LogP contribution in [0.1, 0.15) is 49.1 Å². The van der Waals surface area contributed by atoms with E-state index in [9.17, 15) is 5.11 Å². The number of rotatable bonds is 2. The largest absolute Gasteiger partial charge is 0.487 e. The van der Waals surface area contributed by atoms with E-state index in [-0.39, 0.29) is 12.7 Å². The van der Waals surface area contributed by atoms with Crippen LogP contribution < -0.4 is 4.74 Å². The maximum atomic E-state index is 9.25. The second-order valence-corrected chi connectivity index (χ2v) is 5.88. The third-order valence-electron chi connectivity index (χ3n) is 4.14. The fourth-order valence-electron chi connectivity index (χ4n) is 3.24. The Labute approximate surface area is 113 Å². The van der Waals surface area contributed by atoms with Gasteiger partial charge in [-0.25, -0.2) is 0 Å². The van der Waals surface area contributed by atoms with E-state index >= 15 is 0 Å². The van der Waals surface area contributed by atoms with Crippen LogP contribution in [0.15, 0.2) is 12.1 Å². The highest BCUT2D eigenvalue weighted by atomic mass is 35.5. The van der Waals surface area contributed by atoms with E-state index < -0.39 is 0 Å². The molecule has 1 heterocycles. The standard InChI is InChI=1S/C15H19ClO2/c16-12-6-11-7-13(9-17)18-15(11)14(8-12)10-4-2-1-3-5-10/h6,8,10,13,17H,1-5,7,9H2. The van der Waals surface area contributed by atoms with Crippen LogP contribution in [-0.4, -0.2) is 17.8 Å². The first-order valence-corrected chi connectivity index (χ1v) is 7.25. The summed E-state index contributed by atoms with van der Waals surface area (Å²) in [7, 11) is 0. The molecule has 0 saturated heterocycles. The number of aliphatic hydroxyl groups is 1. The number of fused-ring (bicyclic) bond motifs is 1. The fraction of sp³-hybridized carbons (Fsp3) is 0.600. The molecule has 1 aliphatic carbocycles. The van der Waals surface area contributed by atoms with Crippen molar-refractivity contribution < 1.29 is 9.84 Å². The number of hydrogen-bond donors (Lipinski definition) is 1. The van der Waals surface area contributed by atoms with Gasteiger partial charge in [-0.2, -0.15) is 0 Å². The van der Waals surface area contributed by atoms with E-state index in [4.69, 9.17) is 16.3 Å². The molecular formula is C15H19ClO2. The summed E-state index contributed by atoms with van der Waals surface area (Å²) >= 11 is 6.22. The zero-order valence-electron chi connectivity index (χ0n) is 10.5. The van der Waals surface area contributed by atoms with Crippen molar-refractivity contribution in [3.63, 3.8) is 0 Å². The first-order chi connectivity index (χ1) is 8.78. The minimum absolute atomic E-state index is 0.0798. The van der Waals surface area contributed by atoms with Crippen LogP contribution in [0.4, 0.5) is 0 Å². The van der Waals surface area contributed by atoms with Crippen molar-refractivity contribution in [2.24, 2.45) is 0 Å². The molecule has 98 valence electrons. The van der Waals surface area contributed by atoms with E-state index in [1.807, 2.05) is 6.07 Å². The van der Waals surface area contributed by atoms with E-state index in [1.165, 1.54) is 43.2 Å². The highest BCUT2D eigenvalue weighted by molar-refractivity contribution is 6.30. The maximum Gasteiger partial charge on any atom is 0.126 e. The quantitative estimate of drug-likeness (QED) is 0.885. The van der Waals surface area contributed by atoms with Gasteiger partial charge in [0.15, 0.2) is 0 Å². The summed E-state index contributed by atoms with van der Waals surface area (Å²) in [6.07, 6.45) is 7.12.